The Morgan fingerprint density at radius 2 is 1.81 bits per heavy atom. The molecule has 3 atom stereocenters. The Labute approximate surface area is 160 Å². The predicted molar refractivity (Wildman–Crippen MR) is 92.8 cm³/mol. The minimum atomic E-state index is -4.57. The molecule has 0 N–H and O–H groups in total. The normalized spacial score (nSPS) is 25.4. The van der Waals surface area contributed by atoms with Gasteiger partial charge in [0, 0.05) is 31.0 Å². The van der Waals surface area contributed by atoms with Crippen LogP contribution >= 0.6 is 11.6 Å². The minimum absolute atomic E-state index is 0.0435. The Morgan fingerprint density at radius 1 is 1.22 bits per heavy atom. The van der Waals surface area contributed by atoms with Gasteiger partial charge in [0.2, 0.25) is 5.88 Å². The molecule has 0 aromatic carbocycles. The van der Waals surface area contributed by atoms with Gasteiger partial charge in [0.05, 0.1) is 16.8 Å². The van der Waals surface area contributed by atoms with Crippen LogP contribution in [0.25, 0.3) is 0 Å². The molecule has 0 aliphatic carbocycles. The lowest BCUT2D eigenvalue weighted by Crippen LogP contribution is -2.50. The lowest BCUT2D eigenvalue weighted by Gasteiger charge is -2.39. The first-order valence-electron chi connectivity index (χ1n) is 8.85. The Balaban J connectivity index is 1.68. The fourth-order valence-corrected chi connectivity index (χ4v) is 3.92. The van der Waals surface area contributed by atoms with Crippen molar-refractivity contribution in [2.45, 2.75) is 76.4 Å². The molecule has 150 valence electrons. The van der Waals surface area contributed by atoms with Crippen molar-refractivity contribution in [1.29, 1.82) is 0 Å². The van der Waals surface area contributed by atoms with Crippen LogP contribution in [-0.4, -0.2) is 39.8 Å². The molecule has 2 saturated heterocycles. The number of carbonyl (C=O) groups is 1. The molecule has 9 heteroatoms. The maximum atomic E-state index is 13.0. The van der Waals surface area contributed by atoms with Crippen molar-refractivity contribution < 1.29 is 27.4 Å². The van der Waals surface area contributed by atoms with E-state index in [0.717, 1.165) is 25.1 Å². The third kappa shape index (κ3) is 4.59. The van der Waals surface area contributed by atoms with Crippen molar-refractivity contribution in [3.8, 4) is 5.88 Å². The molecule has 1 amide bonds. The number of alkyl halides is 3. The molecule has 2 aliphatic heterocycles. The number of nitrogens with zero attached hydrogens (tertiary/aromatic N) is 2. The predicted octanol–water partition coefficient (Wildman–Crippen LogP) is 5.06. The fourth-order valence-electron chi connectivity index (χ4n) is 3.71. The number of amides is 1. The smallest absolute Gasteiger partial charge is 0.418 e. The molecule has 2 fully saturated rings. The highest BCUT2D eigenvalue weighted by Gasteiger charge is 2.45. The lowest BCUT2D eigenvalue weighted by molar-refractivity contribution is -0.137. The van der Waals surface area contributed by atoms with Crippen LogP contribution in [0.5, 0.6) is 5.88 Å². The van der Waals surface area contributed by atoms with Gasteiger partial charge < -0.3 is 14.4 Å². The van der Waals surface area contributed by atoms with E-state index in [2.05, 4.69) is 4.98 Å². The Hall–Kier alpha value is -1.70. The van der Waals surface area contributed by atoms with Crippen molar-refractivity contribution in [1.82, 2.24) is 9.88 Å². The van der Waals surface area contributed by atoms with Gasteiger partial charge >= 0.3 is 12.3 Å². The average molecular weight is 407 g/mol. The van der Waals surface area contributed by atoms with E-state index in [1.54, 1.807) is 4.90 Å². The van der Waals surface area contributed by atoms with Crippen molar-refractivity contribution >= 4 is 17.7 Å². The third-order valence-electron chi connectivity index (χ3n) is 4.72. The van der Waals surface area contributed by atoms with Crippen LogP contribution in [0.2, 0.25) is 5.02 Å². The fraction of sp³-hybridized carbons (Fsp3) is 0.667. The van der Waals surface area contributed by atoms with Gasteiger partial charge in [-0.1, -0.05) is 11.6 Å². The number of halogens is 4. The second kappa shape index (κ2) is 7.04. The van der Waals surface area contributed by atoms with Gasteiger partial charge in [-0.3, -0.25) is 0 Å². The molecule has 1 aromatic rings. The standard InChI is InChI=1S/C18H22ClF3N2O3/c1-17(2,3)27-16(25)24-10-4-5-11(24)7-12(6-10)26-15-8-13(18(20,21)22)14(19)9-23-15/h8-12H,4-7H2,1-3H3/t10-,11+,12?. The maximum absolute atomic E-state index is 13.0. The first kappa shape index (κ1) is 20.0. The third-order valence-corrected chi connectivity index (χ3v) is 5.02. The summed E-state index contributed by atoms with van der Waals surface area (Å²) >= 11 is 5.59. The van der Waals surface area contributed by atoms with Crippen molar-refractivity contribution in [2.75, 3.05) is 0 Å². The van der Waals surface area contributed by atoms with Crippen LogP contribution in [0.1, 0.15) is 52.0 Å². The summed E-state index contributed by atoms with van der Waals surface area (Å²) in [5.41, 5.74) is -1.55. The van der Waals surface area contributed by atoms with E-state index in [1.165, 1.54) is 0 Å². The van der Waals surface area contributed by atoms with E-state index >= 15 is 0 Å². The van der Waals surface area contributed by atoms with Crippen LogP contribution in [0, 0.1) is 0 Å². The van der Waals surface area contributed by atoms with Gasteiger partial charge in [-0.05, 0) is 33.6 Å². The molecule has 3 heterocycles. The molecule has 3 rings (SSSR count). The van der Waals surface area contributed by atoms with E-state index in [-0.39, 0.29) is 30.2 Å². The Kier molecular flexibility index (Phi) is 5.22. The van der Waals surface area contributed by atoms with Gasteiger partial charge in [0.25, 0.3) is 0 Å². The molecule has 27 heavy (non-hydrogen) atoms. The molecular weight excluding hydrogens is 385 g/mol. The van der Waals surface area contributed by atoms with Crippen LogP contribution in [0.3, 0.4) is 0 Å². The lowest BCUT2D eigenvalue weighted by atomic mass is 10.0. The highest BCUT2D eigenvalue weighted by atomic mass is 35.5. The summed E-state index contributed by atoms with van der Waals surface area (Å²) < 4.78 is 50.2. The molecule has 5 nitrogen and oxygen atoms in total. The highest BCUT2D eigenvalue weighted by Crippen LogP contribution is 2.39. The second-order valence-electron chi connectivity index (χ2n) is 7.98. The molecule has 0 radical (unpaired) electrons. The van der Waals surface area contributed by atoms with E-state index < -0.39 is 22.4 Å². The minimum Gasteiger partial charge on any atom is -0.474 e. The summed E-state index contributed by atoms with van der Waals surface area (Å²) in [5.74, 6) is -0.109. The zero-order chi connectivity index (χ0) is 20.0. The number of carbonyl (C=O) groups excluding carboxylic acids is 1. The zero-order valence-electron chi connectivity index (χ0n) is 15.3. The van der Waals surface area contributed by atoms with Crippen molar-refractivity contribution in [2.24, 2.45) is 0 Å². The average Bonchev–Trinajstić information content (AvgIpc) is 2.78. The summed E-state index contributed by atoms with van der Waals surface area (Å²) in [6.07, 6.45) is -1.57. The number of hydrogen-bond donors (Lipinski definition) is 0. The Bertz CT molecular complexity index is 707. The van der Waals surface area contributed by atoms with Gasteiger partial charge in [-0.2, -0.15) is 13.2 Å². The monoisotopic (exact) mass is 406 g/mol. The van der Waals surface area contributed by atoms with Crippen molar-refractivity contribution in [3.63, 3.8) is 0 Å². The molecular formula is C18H22ClF3N2O3. The number of ether oxygens (including phenoxy) is 2. The van der Waals surface area contributed by atoms with Gasteiger partial charge in [-0.15, -0.1) is 0 Å². The first-order chi connectivity index (χ1) is 12.4. The SMILES string of the molecule is CC(C)(C)OC(=O)N1[C@@H]2CC[C@H]1CC(Oc1cc(C(F)(F)F)c(Cl)cn1)C2. The van der Waals surface area contributed by atoms with E-state index in [9.17, 15) is 18.0 Å². The van der Waals surface area contributed by atoms with E-state index in [0.29, 0.717) is 12.8 Å². The van der Waals surface area contributed by atoms with Crippen LogP contribution in [0.4, 0.5) is 18.0 Å². The van der Waals surface area contributed by atoms with Crippen molar-refractivity contribution in [3.05, 3.63) is 22.8 Å². The van der Waals surface area contributed by atoms with E-state index in [4.69, 9.17) is 21.1 Å². The molecule has 0 saturated carbocycles. The summed E-state index contributed by atoms with van der Waals surface area (Å²) in [7, 11) is 0. The summed E-state index contributed by atoms with van der Waals surface area (Å²) in [6, 6.07) is 0.737. The molecule has 2 bridgehead atoms. The van der Waals surface area contributed by atoms with Gasteiger partial charge in [-0.25, -0.2) is 9.78 Å². The number of hydrogen-bond acceptors (Lipinski definition) is 4. The zero-order valence-corrected chi connectivity index (χ0v) is 16.1. The number of piperidine rings is 1. The summed E-state index contributed by atoms with van der Waals surface area (Å²) in [6.45, 7) is 5.44. The highest BCUT2D eigenvalue weighted by molar-refractivity contribution is 6.31. The molecule has 0 spiro atoms. The number of aromatic nitrogens is 1. The van der Waals surface area contributed by atoms with Crippen LogP contribution < -0.4 is 4.74 Å². The molecule has 1 aromatic heterocycles. The van der Waals surface area contributed by atoms with Gasteiger partial charge in [0.15, 0.2) is 0 Å². The second-order valence-corrected chi connectivity index (χ2v) is 8.39. The molecule has 1 unspecified atom stereocenters. The summed E-state index contributed by atoms with van der Waals surface area (Å²) in [4.78, 5) is 18.1. The first-order valence-corrected chi connectivity index (χ1v) is 9.22. The quantitative estimate of drug-likeness (QED) is 0.688. The maximum Gasteiger partial charge on any atom is 0.418 e. The topological polar surface area (TPSA) is 51.7 Å². The van der Waals surface area contributed by atoms with Gasteiger partial charge in [0.1, 0.15) is 11.7 Å². The number of fused-ring (bicyclic) bond motifs is 2. The van der Waals surface area contributed by atoms with Crippen LogP contribution in [0.15, 0.2) is 12.3 Å². The number of rotatable bonds is 2. The number of pyridine rings is 1. The largest absolute Gasteiger partial charge is 0.474 e. The molecule has 2 aliphatic rings. The van der Waals surface area contributed by atoms with E-state index in [1.807, 2.05) is 20.8 Å². The Morgan fingerprint density at radius 3 is 2.33 bits per heavy atom. The summed E-state index contributed by atoms with van der Waals surface area (Å²) in [5, 5.41) is -0.463. The van der Waals surface area contributed by atoms with Crippen LogP contribution in [-0.2, 0) is 10.9 Å².